The van der Waals surface area contributed by atoms with Gasteiger partial charge < -0.3 is 14.4 Å². The first kappa shape index (κ1) is 20.4. The molecule has 0 atom stereocenters. The Kier molecular flexibility index (Phi) is 6.51. The third-order valence-corrected chi connectivity index (χ3v) is 3.92. The van der Waals surface area contributed by atoms with Crippen LogP contribution < -0.4 is 9.47 Å². The zero-order valence-corrected chi connectivity index (χ0v) is 15.1. The van der Waals surface area contributed by atoms with Crippen LogP contribution in [0.25, 0.3) is 0 Å². The zero-order chi connectivity index (χ0) is 20.1. The smallest absolute Gasteiger partial charge is 0.387 e. The number of nitro groups is 1. The van der Waals surface area contributed by atoms with E-state index in [0.29, 0.717) is 5.56 Å². The topological polar surface area (TPSA) is 81.9 Å². The number of benzene rings is 2. The maximum atomic E-state index is 12.5. The van der Waals surface area contributed by atoms with Crippen LogP contribution in [0.4, 0.5) is 14.5 Å². The first-order chi connectivity index (χ1) is 12.7. The Bertz CT molecular complexity index is 863. The Balaban J connectivity index is 2.20. The van der Waals surface area contributed by atoms with Crippen molar-refractivity contribution in [2.24, 2.45) is 0 Å². The van der Waals surface area contributed by atoms with Gasteiger partial charge in [-0.25, -0.2) is 0 Å². The summed E-state index contributed by atoms with van der Waals surface area (Å²) in [4.78, 5) is 24.0. The van der Waals surface area contributed by atoms with E-state index in [1.165, 1.54) is 43.3 Å². The van der Waals surface area contributed by atoms with Gasteiger partial charge in [-0.2, -0.15) is 8.78 Å². The van der Waals surface area contributed by atoms with E-state index in [4.69, 9.17) is 16.3 Å². The summed E-state index contributed by atoms with van der Waals surface area (Å²) < 4.78 is 34.4. The van der Waals surface area contributed by atoms with Crippen molar-refractivity contribution < 1.29 is 28.0 Å². The Morgan fingerprint density at radius 1 is 1.26 bits per heavy atom. The molecule has 2 aromatic rings. The van der Waals surface area contributed by atoms with Gasteiger partial charge in [0.1, 0.15) is 0 Å². The lowest BCUT2D eigenvalue weighted by Gasteiger charge is -2.19. The summed E-state index contributed by atoms with van der Waals surface area (Å²) in [6.45, 7) is -2.96. The molecule has 0 saturated carbocycles. The minimum atomic E-state index is -3.02. The Hall–Kier alpha value is -2.94. The van der Waals surface area contributed by atoms with E-state index < -0.39 is 17.4 Å². The molecule has 0 fully saturated rings. The molecule has 144 valence electrons. The molecule has 0 bridgehead atoms. The molecule has 0 radical (unpaired) electrons. The van der Waals surface area contributed by atoms with E-state index in [1.807, 2.05) is 0 Å². The molecule has 0 heterocycles. The minimum absolute atomic E-state index is 0.0579. The number of non-ortho nitro benzene ring substituents is 1. The normalized spacial score (nSPS) is 10.6. The molecule has 7 nitrogen and oxygen atoms in total. The summed E-state index contributed by atoms with van der Waals surface area (Å²) in [6.07, 6.45) is 0. The summed E-state index contributed by atoms with van der Waals surface area (Å²) in [7, 11) is 2.80. The number of carbonyl (C=O) groups excluding carboxylic acids is 1. The van der Waals surface area contributed by atoms with Crippen LogP contribution in [0.15, 0.2) is 36.4 Å². The van der Waals surface area contributed by atoms with Gasteiger partial charge in [0.15, 0.2) is 11.5 Å². The van der Waals surface area contributed by atoms with Crippen LogP contribution in [0.5, 0.6) is 11.5 Å². The number of rotatable bonds is 7. The molecular weight excluding hydrogens is 386 g/mol. The fourth-order valence-electron chi connectivity index (χ4n) is 2.35. The first-order valence-corrected chi connectivity index (χ1v) is 7.92. The molecule has 0 aliphatic rings. The lowest BCUT2D eigenvalue weighted by molar-refractivity contribution is -0.384. The molecule has 0 saturated heterocycles. The van der Waals surface area contributed by atoms with Crippen molar-refractivity contribution >= 4 is 23.2 Å². The number of hydrogen-bond donors (Lipinski definition) is 0. The highest BCUT2D eigenvalue weighted by Crippen LogP contribution is 2.30. The monoisotopic (exact) mass is 400 g/mol. The van der Waals surface area contributed by atoms with Crippen molar-refractivity contribution in [1.82, 2.24) is 4.90 Å². The highest BCUT2D eigenvalue weighted by atomic mass is 35.5. The number of nitro benzene ring substituents is 1. The number of carbonyl (C=O) groups is 1. The number of methoxy groups -OCH3 is 1. The van der Waals surface area contributed by atoms with Crippen molar-refractivity contribution in [3.8, 4) is 11.5 Å². The van der Waals surface area contributed by atoms with E-state index in [1.54, 1.807) is 6.07 Å². The fraction of sp³-hybridized carbons (Fsp3) is 0.235. The second kappa shape index (κ2) is 8.63. The summed E-state index contributed by atoms with van der Waals surface area (Å²) in [5.74, 6) is -0.507. The Morgan fingerprint density at radius 3 is 2.52 bits per heavy atom. The van der Waals surface area contributed by atoms with Crippen LogP contribution >= 0.6 is 11.6 Å². The third kappa shape index (κ3) is 5.04. The van der Waals surface area contributed by atoms with Gasteiger partial charge >= 0.3 is 6.61 Å². The predicted molar refractivity (Wildman–Crippen MR) is 93.5 cm³/mol. The van der Waals surface area contributed by atoms with Gasteiger partial charge in [0.2, 0.25) is 0 Å². The van der Waals surface area contributed by atoms with Crippen molar-refractivity contribution in [1.29, 1.82) is 0 Å². The van der Waals surface area contributed by atoms with Crippen LogP contribution in [0.2, 0.25) is 5.02 Å². The second-order valence-electron chi connectivity index (χ2n) is 5.45. The first-order valence-electron chi connectivity index (χ1n) is 7.54. The maximum Gasteiger partial charge on any atom is 0.387 e. The van der Waals surface area contributed by atoms with Crippen LogP contribution in [-0.2, 0) is 6.54 Å². The average molecular weight is 401 g/mol. The van der Waals surface area contributed by atoms with Gasteiger partial charge in [0.25, 0.3) is 11.6 Å². The van der Waals surface area contributed by atoms with Gasteiger partial charge in [0.05, 0.1) is 22.6 Å². The fourth-order valence-corrected chi connectivity index (χ4v) is 2.61. The average Bonchev–Trinajstić information content (AvgIpc) is 2.60. The van der Waals surface area contributed by atoms with E-state index in [0.717, 1.165) is 6.07 Å². The molecule has 10 heteroatoms. The number of halogens is 3. The minimum Gasteiger partial charge on any atom is -0.493 e. The highest BCUT2D eigenvalue weighted by Gasteiger charge is 2.19. The summed E-state index contributed by atoms with van der Waals surface area (Å²) >= 11 is 5.97. The molecule has 27 heavy (non-hydrogen) atoms. The predicted octanol–water partition coefficient (Wildman–Crippen LogP) is 4.13. The molecule has 0 aliphatic carbocycles. The lowest BCUT2D eigenvalue weighted by Crippen LogP contribution is -2.26. The SMILES string of the molecule is COc1ccc(CN(C)C(=O)c2ccc([N+](=O)[O-])cc2Cl)cc1OC(F)F. The Labute approximate surface area is 158 Å². The molecule has 0 spiro atoms. The molecule has 2 aromatic carbocycles. The van der Waals surface area contributed by atoms with E-state index in [9.17, 15) is 23.7 Å². The van der Waals surface area contributed by atoms with E-state index in [-0.39, 0.29) is 34.3 Å². The van der Waals surface area contributed by atoms with Crippen molar-refractivity contribution in [2.45, 2.75) is 13.2 Å². The van der Waals surface area contributed by atoms with Crippen LogP contribution in [-0.4, -0.2) is 36.5 Å². The number of ether oxygens (including phenoxy) is 2. The summed E-state index contributed by atoms with van der Waals surface area (Å²) in [6, 6.07) is 7.91. The van der Waals surface area contributed by atoms with Gasteiger partial charge in [-0.05, 0) is 23.8 Å². The number of amides is 1. The Morgan fingerprint density at radius 2 is 1.96 bits per heavy atom. The third-order valence-electron chi connectivity index (χ3n) is 3.60. The molecule has 0 aromatic heterocycles. The van der Waals surface area contributed by atoms with E-state index in [2.05, 4.69) is 4.74 Å². The van der Waals surface area contributed by atoms with E-state index >= 15 is 0 Å². The molecule has 0 aliphatic heterocycles. The summed E-state index contributed by atoms with van der Waals surface area (Å²) in [5.41, 5.74) is 0.366. The summed E-state index contributed by atoms with van der Waals surface area (Å²) in [5, 5.41) is 10.7. The zero-order valence-electron chi connectivity index (χ0n) is 14.3. The van der Waals surface area contributed by atoms with Gasteiger partial charge in [-0.3, -0.25) is 14.9 Å². The quantitative estimate of drug-likeness (QED) is 0.515. The number of hydrogen-bond acceptors (Lipinski definition) is 5. The molecule has 0 unspecified atom stereocenters. The molecule has 2 rings (SSSR count). The van der Waals surface area contributed by atoms with Crippen molar-refractivity contribution in [2.75, 3.05) is 14.2 Å². The van der Waals surface area contributed by atoms with Gasteiger partial charge in [-0.1, -0.05) is 17.7 Å². The lowest BCUT2D eigenvalue weighted by atomic mass is 10.1. The van der Waals surface area contributed by atoms with Gasteiger partial charge in [0, 0.05) is 25.7 Å². The second-order valence-corrected chi connectivity index (χ2v) is 5.85. The number of nitrogens with zero attached hydrogens (tertiary/aromatic N) is 2. The maximum absolute atomic E-state index is 12.5. The molecular formula is C17H15ClF2N2O5. The number of alkyl halides is 2. The van der Waals surface area contributed by atoms with Gasteiger partial charge in [-0.15, -0.1) is 0 Å². The molecule has 0 N–H and O–H groups in total. The van der Waals surface area contributed by atoms with Crippen LogP contribution in [0, 0.1) is 10.1 Å². The highest BCUT2D eigenvalue weighted by molar-refractivity contribution is 6.34. The standard InChI is InChI=1S/C17H15ClF2N2O5/c1-21(16(23)12-5-4-11(22(24)25)8-13(12)18)9-10-3-6-14(26-2)15(7-10)27-17(19)20/h3-8,17H,9H2,1-2H3. The van der Waals surface area contributed by atoms with Crippen LogP contribution in [0.1, 0.15) is 15.9 Å². The largest absolute Gasteiger partial charge is 0.493 e. The van der Waals surface area contributed by atoms with Crippen molar-refractivity contribution in [3.05, 3.63) is 62.7 Å². The molecule has 1 amide bonds. The van der Waals surface area contributed by atoms with Crippen LogP contribution in [0.3, 0.4) is 0 Å². The van der Waals surface area contributed by atoms with Crippen molar-refractivity contribution in [3.63, 3.8) is 0 Å².